The number of hydrogen-bond donors (Lipinski definition) is 1. The zero-order valence-corrected chi connectivity index (χ0v) is 13.7. The lowest BCUT2D eigenvalue weighted by atomic mass is 9.78. The Bertz CT molecular complexity index is 463. The maximum absolute atomic E-state index is 6.30. The van der Waals surface area contributed by atoms with Gasteiger partial charge in [0.2, 0.25) is 0 Å². The van der Waals surface area contributed by atoms with Crippen LogP contribution in [0.4, 0.5) is 0 Å². The summed E-state index contributed by atoms with van der Waals surface area (Å²) in [4.78, 5) is 7.40. The standard InChI is InChI=1S/C16H27N3S/c1-16(2,3)15-18-12(10-20-15)8-19-7-11-5-4-6-14(17)13(11)9-19/h10-11,13-14H,4-9,17H2,1-3H3. The van der Waals surface area contributed by atoms with Gasteiger partial charge in [-0.15, -0.1) is 11.3 Å². The minimum absolute atomic E-state index is 0.171. The zero-order valence-electron chi connectivity index (χ0n) is 12.9. The molecule has 3 nitrogen and oxygen atoms in total. The normalized spacial score (nSPS) is 31.5. The van der Waals surface area contributed by atoms with Gasteiger partial charge in [0.15, 0.2) is 0 Å². The Labute approximate surface area is 126 Å². The highest BCUT2D eigenvalue weighted by atomic mass is 32.1. The summed E-state index contributed by atoms with van der Waals surface area (Å²) in [6.45, 7) is 10.1. The molecule has 1 aromatic rings. The van der Waals surface area contributed by atoms with Crippen molar-refractivity contribution in [2.75, 3.05) is 13.1 Å². The van der Waals surface area contributed by atoms with E-state index in [0.29, 0.717) is 6.04 Å². The summed E-state index contributed by atoms with van der Waals surface area (Å²) in [6.07, 6.45) is 3.92. The van der Waals surface area contributed by atoms with Crippen molar-refractivity contribution < 1.29 is 0 Å². The van der Waals surface area contributed by atoms with Crippen LogP contribution in [-0.4, -0.2) is 29.0 Å². The van der Waals surface area contributed by atoms with Crippen LogP contribution in [0, 0.1) is 11.8 Å². The number of hydrogen-bond acceptors (Lipinski definition) is 4. The molecule has 2 N–H and O–H groups in total. The Morgan fingerprint density at radius 3 is 2.80 bits per heavy atom. The van der Waals surface area contributed by atoms with Crippen LogP contribution in [0.3, 0.4) is 0 Å². The minimum Gasteiger partial charge on any atom is -0.327 e. The van der Waals surface area contributed by atoms with Crippen LogP contribution in [0.5, 0.6) is 0 Å². The lowest BCUT2D eigenvalue weighted by Crippen LogP contribution is -2.38. The number of likely N-dealkylation sites (tertiary alicyclic amines) is 1. The molecule has 1 aliphatic heterocycles. The van der Waals surface area contributed by atoms with Crippen molar-refractivity contribution in [3.8, 4) is 0 Å². The number of nitrogens with two attached hydrogens (primary N) is 1. The van der Waals surface area contributed by atoms with Gasteiger partial charge in [-0.3, -0.25) is 4.90 Å². The molecular weight excluding hydrogens is 266 g/mol. The van der Waals surface area contributed by atoms with Gasteiger partial charge >= 0.3 is 0 Å². The number of rotatable bonds is 2. The fourth-order valence-electron chi connectivity index (χ4n) is 3.69. The lowest BCUT2D eigenvalue weighted by Gasteiger charge is -2.29. The summed E-state index contributed by atoms with van der Waals surface area (Å²) in [5.41, 5.74) is 7.71. The molecular formula is C16H27N3S. The van der Waals surface area contributed by atoms with Gasteiger partial charge in [-0.05, 0) is 24.7 Å². The molecule has 0 amide bonds. The quantitative estimate of drug-likeness (QED) is 0.911. The van der Waals surface area contributed by atoms with Crippen molar-refractivity contribution in [3.63, 3.8) is 0 Å². The molecule has 0 radical (unpaired) electrons. The van der Waals surface area contributed by atoms with Gasteiger partial charge < -0.3 is 5.73 Å². The van der Waals surface area contributed by atoms with Gasteiger partial charge in [-0.1, -0.05) is 27.2 Å². The highest BCUT2D eigenvalue weighted by Crippen LogP contribution is 2.36. The second-order valence-corrected chi connectivity index (χ2v) is 8.46. The fourth-order valence-corrected chi connectivity index (χ4v) is 4.59. The smallest absolute Gasteiger partial charge is 0.0982 e. The van der Waals surface area contributed by atoms with Crippen LogP contribution >= 0.6 is 11.3 Å². The minimum atomic E-state index is 0.171. The van der Waals surface area contributed by atoms with Crippen molar-refractivity contribution in [2.45, 2.75) is 58.0 Å². The third kappa shape index (κ3) is 2.92. The summed E-state index contributed by atoms with van der Waals surface area (Å²) in [7, 11) is 0. The molecule has 20 heavy (non-hydrogen) atoms. The molecule has 3 atom stereocenters. The molecule has 1 saturated carbocycles. The molecule has 4 heteroatoms. The molecule has 0 spiro atoms. The zero-order chi connectivity index (χ0) is 14.3. The van der Waals surface area contributed by atoms with E-state index in [2.05, 4.69) is 31.1 Å². The van der Waals surface area contributed by atoms with Gasteiger partial charge in [0.1, 0.15) is 0 Å². The van der Waals surface area contributed by atoms with Gasteiger partial charge in [0, 0.05) is 36.5 Å². The van der Waals surface area contributed by atoms with E-state index >= 15 is 0 Å². The predicted molar refractivity (Wildman–Crippen MR) is 84.9 cm³/mol. The highest BCUT2D eigenvalue weighted by Gasteiger charge is 2.38. The van der Waals surface area contributed by atoms with Crippen molar-refractivity contribution in [3.05, 3.63) is 16.1 Å². The second kappa shape index (κ2) is 5.39. The van der Waals surface area contributed by atoms with E-state index in [-0.39, 0.29) is 5.41 Å². The first kappa shape index (κ1) is 14.5. The van der Waals surface area contributed by atoms with Gasteiger partial charge in [-0.25, -0.2) is 4.98 Å². The van der Waals surface area contributed by atoms with E-state index in [1.807, 2.05) is 0 Å². The third-order valence-corrected chi connectivity index (χ3v) is 6.13. The third-order valence-electron chi connectivity index (χ3n) is 4.81. The molecule has 0 aromatic carbocycles. The second-order valence-electron chi connectivity index (χ2n) is 7.61. The first-order valence-electron chi connectivity index (χ1n) is 7.86. The molecule has 2 aliphatic rings. The van der Waals surface area contributed by atoms with Crippen LogP contribution in [0.25, 0.3) is 0 Å². The van der Waals surface area contributed by atoms with E-state index < -0.39 is 0 Å². The molecule has 1 aromatic heterocycles. The molecule has 1 saturated heterocycles. The van der Waals surface area contributed by atoms with Crippen molar-refractivity contribution in [1.29, 1.82) is 0 Å². The largest absolute Gasteiger partial charge is 0.327 e. The van der Waals surface area contributed by atoms with E-state index in [9.17, 15) is 0 Å². The van der Waals surface area contributed by atoms with Crippen LogP contribution in [-0.2, 0) is 12.0 Å². The Hall–Kier alpha value is -0.450. The van der Waals surface area contributed by atoms with Crippen molar-refractivity contribution >= 4 is 11.3 Å². The fraction of sp³-hybridized carbons (Fsp3) is 0.812. The van der Waals surface area contributed by atoms with Gasteiger partial charge in [0.25, 0.3) is 0 Å². The summed E-state index contributed by atoms with van der Waals surface area (Å²) in [6, 6.07) is 0.430. The summed E-state index contributed by atoms with van der Waals surface area (Å²) in [5.74, 6) is 1.56. The van der Waals surface area contributed by atoms with Crippen LogP contribution in [0.15, 0.2) is 5.38 Å². The molecule has 3 unspecified atom stereocenters. The molecule has 2 fully saturated rings. The average Bonchev–Trinajstić information content (AvgIpc) is 2.96. The lowest BCUT2D eigenvalue weighted by molar-refractivity contribution is 0.259. The predicted octanol–water partition coefficient (Wildman–Crippen LogP) is 3.00. The number of fused-ring (bicyclic) bond motifs is 1. The molecule has 1 aliphatic carbocycles. The molecule has 3 rings (SSSR count). The summed E-state index contributed by atoms with van der Waals surface area (Å²) < 4.78 is 0. The average molecular weight is 293 g/mol. The first-order chi connectivity index (χ1) is 9.43. The SMILES string of the molecule is CC(C)(C)c1nc(CN2CC3CCCC(N)C3C2)cs1. The maximum Gasteiger partial charge on any atom is 0.0982 e. The Balaban J connectivity index is 1.63. The van der Waals surface area contributed by atoms with E-state index in [1.165, 1.54) is 43.1 Å². The van der Waals surface area contributed by atoms with E-state index in [0.717, 1.165) is 18.4 Å². The molecule has 2 heterocycles. The van der Waals surface area contributed by atoms with Crippen LogP contribution in [0.1, 0.15) is 50.7 Å². The topological polar surface area (TPSA) is 42.2 Å². The van der Waals surface area contributed by atoms with Gasteiger partial charge in [-0.2, -0.15) is 0 Å². The summed E-state index contributed by atoms with van der Waals surface area (Å²) >= 11 is 1.80. The van der Waals surface area contributed by atoms with Gasteiger partial charge in [0.05, 0.1) is 10.7 Å². The monoisotopic (exact) mass is 293 g/mol. The Morgan fingerprint density at radius 1 is 1.35 bits per heavy atom. The van der Waals surface area contributed by atoms with E-state index in [4.69, 9.17) is 10.7 Å². The van der Waals surface area contributed by atoms with Crippen LogP contribution < -0.4 is 5.73 Å². The Morgan fingerprint density at radius 2 is 2.15 bits per heavy atom. The number of thiazole rings is 1. The molecule has 112 valence electrons. The van der Waals surface area contributed by atoms with Crippen molar-refractivity contribution in [2.24, 2.45) is 17.6 Å². The highest BCUT2D eigenvalue weighted by molar-refractivity contribution is 7.09. The molecule has 0 bridgehead atoms. The summed E-state index contributed by atoms with van der Waals surface area (Å²) in [5, 5.41) is 3.49. The first-order valence-corrected chi connectivity index (χ1v) is 8.74. The maximum atomic E-state index is 6.30. The van der Waals surface area contributed by atoms with E-state index in [1.54, 1.807) is 11.3 Å². The number of nitrogens with zero attached hydrogens (tertiary/aromatic N) is 2. The van der Waals surface area contributed by atoms with Crippen molar-refractivity contribution in [1.82, 2.24) is 9.88 Å². The van der Waals surface area contributed by atoms with Crippen LogP contribution in [0.2, 0.25) is 0 Å². The Kier molecular flexibility index (Phi) is 3.91. The number of aromatic nitrogens is 1.